The smallest absolute Gasteiger partial charge is 0.328 e. The summed E-state index contributed by atoms with van der Waals surface area (Å²) in [7, 11) is 0. The average molecular weight is 359 g/mol. The van der Waals surface area contributed by atoms with Gasteiger partial charge in [0, 0.05) is 12.6 Å². The number of rotatable bonds is 4. The number of aromatic amines is 1. The highest BCUT2D eigenvalue weighted by atomic mass is 16.5. The number of nitrogens with one attached hydrogen (secondary N) is 1. The molecule has 138 valence electrons. The van der Waals surface area contributed by atoms with Crippen LogP contribution in [-0.4, -0.2) is 45.8 Å². The lowest BCUT2D eigenvalue weighted by Gasteiger charge is -2.33. The van der Waals surface area contributed by atoms with Gasteiger partial charge in [-0.05, 0) is 38.3 Å². The van der Waals surface area contributed by atoms with Crippen molar-refractivity contribution in [3.63, 3.8) is 0 Å². The minimum atomic E-state index is -0.754. The minimum absolute atomic E-state index is 0.134. The SMILES string of the molecule is C[C@H]1CCCCN1C(=O)COC(=O)Cn1[nH]c(=O)c2ccccc2c1=O. The van der Waals surface area contributed by atoms with Crippen LogP contribution in [0.5, 0.6) is 0 Å². The molecule has 1 fully saturated rings. The van der Waals surface area contributed by atoms with Crippen LogP contribution < -0.4 is 11.1 Å². The molecule has 1 atom stereocenters. The number of likely N-dealkylation sites (tertiary alicyclic amines) is 1. The lowest BCUT2D eigenvalue weighted by Crippen LogP contribution is -2.44. The fourth-order valence-corrected chi connectivity index (χ4v) is 3.23. The molecule has 1 amide bonds. The number of benzene rings is 1. The molecular weight excluding hydrogens is 338 g/mol. The summed E-state index contributed by atoms with van der Waals surface area (Å²) in [6.45, 7) is 1.81. The van der Waals surface area contributed by atoms with Crippen molar-refractivity contribution in [1.29, 1.82) is 0 Å². The van der Waals surface area contributed by atoms with Crippen LogP contribution in [0.4, 0.5) is 0 Å². The number of carbonyl (C=O) groups excluding carboxylic acids is 2. The third-order valence-corrected chi connectivity index (χ3v) is 4.65. The number of ether oxygens (including phenoxy) is 1. The van der Waals surface area contributed by atoms with Crippen LogP contribution in [0.2, 0.25) is 0 Å². The molecule has 0 unspecified atom stereocenters. The third-order valence-electron chi connectivity index (χ3n) is 4.65. The predicted octanol–water partition coefficient (Wildman–Crippen LogP) is 0.634. The molecule has 8 nitrogen and oxygen atoms in total. The molecule has 8 heteroatoms. The van der Waals surface area contributed by atoms with Gasteiger partial charge in [0.15, 0.2) is 6.61 Å². The summed E-state index contributed by atoms with van der Waals surface area (Å²) in [5.74, 6) is -0.999. The second kappa shape index (κ2) is 7.55. The Kier molecular flexibility index (Phi) is 5.20. The molecule has 1 N–H and O–H groups in total. The molecule has 1 saturated heterocycles. The number of carbonyl (C=O) groups is 2. The maximum atomic E-state index is 12.4. The molecule has 3 rings (SSSR count). The third kappa shape index (κ3) is 3.68. The Labute approximate surface area is 149 Å². The highest BCUT2D eigenvalue weighted by molar-refractivity contribution is 5.82. The number of nitrogens with zero attached hydrogens (tertiary/aromatic N) is 2. The van der Waals surface area contributed by atoms with E-state index in [9.17, 15) is 19.2 Å². The zero-order valence-electron chi connectivity index (χ0n) is 14.6. The van der Waals surface area contributed by atoms with E-state index >= 15 is 0 Å². The van der Waals surface area contributed by atoms with Crippen molar-refractivity contribution < 1.29 is 14.3 Å². The summed E-state index contributed by atoms with van der Waals surface area (Å²) in [5, 5.41) is 2.84. The van der Waals surface area contributed by atoms with Gasteiger partial charge in [0.1, 0.15) is 6.54 Å². The normalized spacial score (nSPS) is 17.3. The Balaban J connectivity index is 1.66. The molecule has 26 heavy (non-hydrogen) atoms. The Morgan fingerprint density at radius 1 is 1.19 bits per heavy atom. The topological polar surface area (TPSA) is 101 Å². The first-order chi connectivity index (χ1) is 12.5. The van der Waals surface area contributed by atoms with Crippen LogP contribution in [-0.2, 0) is 20.9 Å². The zero-order valence-corrected chi connectivity index (χ0v) is 14.6. The van der Waals surface area contributed by atoms with Crippen molar-refractivity contribution >= 4 is 22.6 Å². The highest BCUT2D eigenvalue weighted by Crippen LogP contribution is 2.16. The van der Waals surface area contributed by atoms with Crippen LogP contribution in [0.1, 0.15) is 26.2 Å². The fraction of sp³-hybridized carbons (Fsp3) is 0.444. The zero-order chi connectivity index (χ0) is 18.7. The molecule has 1 aliphatic heterocycles. The van der Waals surface area contributed by atoms with Gasteiger partial charge >= 0.3 is 5.97 Å². The number of piperidine rings is 1. The Bertz CT molecular complexity index is 946. The van der Waals surface area contributed by atoms with Crippen LogP contribution in [0, 0.1) is 0 Å². The summed E-state index contributed by atoms with van der Waals surface area (Å²) in [5.41, 5.74) is -0.959. The summed E-state index contributed by atoms with van der Waals surface area (Å²) in [6, 6.07) is 6.49. The average Bonchev–Trinajstić information content (AvgIpc) is 2.64. The van der Waals surface area contributed by atoms with Gasteiger partial charge in [-0.1, -0.05) is 12.1 Å². The summed E-state index contributed by atoms with van der Waals surface area (Å²) in [4.78, 5) is 50.3. The number of hydrogen-bond donors (Lipinski definition) is 1. The molecule has 2 heterocycles. The van der Waals surface area contributed by atoms with Gasteiger partial charge in [-0.3, -0.25) is 24.3 Å². The second-order valence-corrected chi connectivity index (χ2v) is 6.47. The van der Waals surface area contributed by atoms with E-state index in [1.807, 2.05) is 6.92 Å². The van der Waals surface area contributed by atoms with E-state index < -0.39 is 23.6 Å². The van der Waals surface area contributed by atoms with Crippen molar-refractivity contribution in [3.8, 4) is 0 Å². The maximum Gasteiger partial charge on any atom is 0.328 e. The standard InChI is InChI=1S/C18H21N3O5/c1-12-6-4-5-9-20(12)15(22)11-26-16(23)10-21-18(25)14-8-3-2-7-13(14)17(24)19-21/h2-3,7-8,12H,4-6,9-11H2,1H3,(H,19,24)/t12-/m0/s1. The summed E-state index contributed by atoms with van der Waals surface area (Å²) in [6.07, 6.45) is 2.97. The molecule has 0 aliphatic carbocycles. The molecule has 1 aromatic carbocycles. The van der Waals surface area contributed by atoms with Gasteiger partial charge in [0.2, 0.25) is 0 Å². The first kappa shape index (κ1) is 17.9. The Hall–Kier alpha value is -2.90. The maximum absolute atomic E-state index is 12.4. The van der Waals surface area contributed by atoms with Crippen LogP contribution >= 0.6 is 0 Å². The molecular formula is C18H21N3O5. The van der Waals surface area contributed by atoms with Gasteiger partial charge < -0.3 is 9.64 Å². The van der Waals surface area contributed by atoms with E-state index in [-0.39, 0.29) is 29.3 Å². The molecule has 2 aromatic rings. The number of fused-ring (bicyclic) bond motifs is 1. The van der Waals surface area contributed by atoms with Gasteiger partial charge in [-0.15, -0.1) is 0 Å². The molecule has 1 aromatic heterocycles. The van der Waals surface area contributed by atoms with Crippen molar-refractivity contribution in [1.82, 2.24) is 14.7 Å². The highest BCUT2D eigenvalue weighted by Gasteiger charge is 2.24. The number of amides is 1. The number of H-pyrrole nitrogens is 1. The van der Waals surface area contributed by atoms with Crippen molar-refractivity contribution in [2.75, 3.05) is 13.2 Å². The fourth-order valence-electron chi connectivity index (χ4n) is 3.23. The number of esters is 1. The first-order valence-corrected chi connectivity index (χ1v) is 8.64. The van der Waals surface area contributed by atoms with Crippen molar-refractivity contribution in [3.05, 3.63) is 45.0 Å². The lowest BCUT2D eigenvalue weighted by molar-refractivity contribution is -0.154. The number of aromatic nitrogens is 2. The van der Waals surface area contributed by atoms with Gasteiger partial charge in [0.25, 0.3) is 17.0 Å². The van der Waals surface area contributed by atoms with E-state index in [2.05, 4.69) is 5.10 Å². The lowest BCUT2D eigenvalue weighted by atomic mass is 10.0. The number of hydrogen-bond acceptors (Lipinski definition) is 5. The predicted molar refractivity (Wildman–Crippen MR) is 94.8 cm³/mol. The summed E-state index contributed by atoms with van der Waals surface area (Å²) < 4.78 is 5.91. The second-order valence-electron chi connectivity index (χ2n) is 6.47. The van der Waals surface area contributed by atoms with Crippen molar-refractivity contribution in [2.45, 2.75) is 38.8 Å². The van der Waals surface area contributed by atoms with Crippen LogP contribution in [0.15, 0.2) is 33.9 Å². The Morgan fingerprint density at radius 2 is 1.92 bits per heavy atom. The van der Waals surface area contributed by atoms with Crippen LogP contribution in [0.25, 0.3) is 10.8 Å². The quantitative estimate of drug-likeness (QED) is 0.807. The van der Waals surface area contributed by atoms with E-state index in [1.54, 1.807) is 17.0 Å². The monoisotopic (exact) mass is 359 g/mol. The molecule has 0 spiro atoms. The van der Waals surface area contributed by atoms with E-state index in [4.69, 9.17) is 4.74 Å². The van der Waals surface area contributed by atoms with Gasteiger partial charge in [0.05, 0.1) is 10.8 Å². The van der Waals surface area contributed by atoms with Crippen molar-refractivity contribution in [2.24, 2.45) is 0 Å². The molecule has 0 saturated carbocycles. The summed E-state index contributed by atoms with van der Waals surface area (Å²) >= 11 is 0. The minimum Gasteiger partial charge on any atom is -0.454 e. The molecule has 0 radical (unpaired) electrons. The van der Waals surface area contributed by atoms with E-state index in [1.165, 1.54) is 12.1 Å². The van der Waals surface area contributed by atoms with Crippen LogP contribution in [0.3, 0.4) is 0 Å². The largest absolute Gasteiger partial charge is 0.454 e. The Morgan fingerprint density at radius 3 is 2.65 bits per heavy atom. The molecule has 1 aliphatic rings. The van der Waals surface area contributed by atoms with Gasteiger partial charge in [-0.2, -0.15) is 0 Å². The first-order valence-electron chi connectivity index (χ1n) is 8.64. The van der Waals surface area contributed by atoms with Gasteiger partial charge in [-0.25, -0.2) is 4.68 Å². The van der Waals surface area contributed by atoms with E-state index in [0.29, 0.717) is 6.54 Å². The molecule has 0 bridgehead atoms. The van der Waals surface area contributed by atoms with E-state index in [0.717, 1.165) is 23.9 Å².